The van der Waals surface area contributed by atoms with Crippen molar-refractivity contribution in [3.63, 3.8) is 0 Å². The van der Waals surface area contributed by atoms with Gasteiger partial charge >= 0.3 is 5.97 Å². The number of carbonyl (C=O) groups excluding carboxylic acids is 2. The fourth-order valence-corrected chi connectivity index (χ4v) is 5.18. The van der Waals surface area contributed by atoms with Crippen LogP contribution >= 0.6 is 0 Å². The first-order valence-corrected chi connectivity index (χ1v) is 15.1. The van der Waals surface area contributed by atoms with Crippen LogP contribution in [0, 0.1) is 23.7 Å². The minimum Gasteiger partial charge on any atom is -0.507 e. The Morgan fingerprint density at radius 1 is 1.17 bits per heavy atom. The number of amides is 1. The maximum absolute atomic E-state index is 13.4. The Balaban J connectivity index is 2.10. The SMILES string of the molecule is CCC[C@H](O)[C@H](C)C(=O)NC/C=C\C[C@@H](C)[C@@H](O)[C@H](C)[C@@H]1C/C=C\C[C@H](C)[C@H](O)Cc2cc(OC)cc(O)c2C(=O)O1. The highest BCUT2D eigenvalue weighted by molar-refractivity contribution is 5.94. The number of phenolic OH excluding ortho intramolecular Hbond substituents is 1. The fraction of sp³-hybridized carbons (Fsp3) is 0.636. The molecule has 1 aromatic rings. The zero-order valence-corrected chi connectivity index (χ0v) is 26.0. The summed E-state index contributed by atoms with van der Waals surface area (Å²) in [6, 6.07) is 2.98. The molecule has 0 saturated heterocycles. The van der Waals surface area contributed by atoms with E-state index in [2.05, 4.69) is 5.32 Å². The summed E-state index contributed by atoms with van der Waals surface area (Å²) in [5.74, 6) is -1.98. The molecule has 1 aliphatic heterocycles. The molecule has 42 heavy (non-hydrogen) atoms. The number of ether oxygens (including phenoxy) is 2. The maximum Gasteiger partial charge on any atom is 0.342 e. The van der Waals surface area contributed by atoms with E-state index in [4.69, 9.17) is 9.47 Å². The van der Waals surface area contributed by atoms with Gasteiger partial charge in [0, 0.05) is 24.9 Å². The molecule has 9 nitrogen and oxygen atoms in total. The van der Waals surface area contributed by atoms with Gasteiger partial charge in [0.1, 0.15) is 23.2 Å². The van der Waals surface area contributed by atoms with Gasteiger partial charge in [-0.1, -0.05) is 65.3 Å². The van der Waals surface area contributed by atoms with E-state index in [1.165, 1.54) is 13.2 Å². The van der Waals surface area contributed by atoms with Crippen molar-refractivity contribution in [2.75, 3.05) is 13.7 Å². The molecule has 0 fully saturated rings. The van der Waals surface area contributed by atoms with E-state index in [1.807, 2.05) is 52.0 Å². The van der Waals surface area contributed by atoms with Crippen molar-refractivity contribution >= 4 is 11.9 Å². The predicted octanol–water partition coefficient (Wildman–Crippen LogP) is 4.31. The van der Waals surface area contributed by atoms with E-state index in [0.717, 1.165) is 6.42 Å². The third kappa shape index (κ3) is 10.1. The maximum atomic E-state index is 13.4. The second-order valence-electron chi connectivity index (χ2n) is 11.7. The lowest BCUT2D eigenvalue weighted by molar-refractivity contribution is -0.127. The van der Waals surface area contributed by atoms with Gasteiger partial charge in [0.2, 0.25) is 5.91 Å². The van der Waals surface area contributed by atoms with Crippen molar-refractivity contribution in [1.29, 1.82) is 0 Å². The van der Waals surface area contributed by atoms with Gasteiger partial charge in [-0.25, -0.2) is 4.79 Å². The van der Waals surface area contributed by atoms with Crippen molar-refractivity contribution in [1.82, 2.24) is 5.32 Å². The summed E-state index contributed by atoms with van der Waals surface area (Å²) < 4.78 is 11.2. The number of hydrogen-bond donors (Lipinski definition) is 5. The predicted molar refractivity (Wildman–Crippen MR) is 162 cm³/mol. The van der Waals surface area contributed by atoms with Crippen LogP contribution in [0.5, 0.6) is 11.5 Å². The lowest BCUT2D eigenvalue weighted by atomic mass is 9.85. The molecule has 236 valence electrons. The van der Waals surface area contributed by atoms with Crippen molar-refractivity contribution in [3.05, 3.63) is 47.6 Å². The summed E-state index contributed by atoms with van der Waals surface area (Å²) in [6.45, 7) is 9.68. The average molecular weight is 590 g/mol. The third-order valence-corrected chi connectivity index (χ3v) is 8.35. The summed E-state index contributed by atoms with van der Waals surface area (Å²) in [5, 5.41) is 45.5. The van der Waals surface area contributed by atoms with Crippen LogP contribution in [-0.2, 0) is 16.0 Å². The number of benzene rings is 1. The zero-order valence-electron chi connectivity index (χ0n) is 26.0. The first kappa shape index (κ1) is 35.3. The van der Waals surface area contributed by atoms with Gasteiger partial charge in [-0.15, -0.1) is 0 Å². The van der Waals surface area contributed by atoms with Crippen molar-refractivity contribution in [2.24, 2.45) is 23.7 Å². The van der Waals surface area contributed by atoms with Crippen molar-refractivity contribution in [2.45, 2.75) is 97.6 Å². The number of rotatable bonds is 12. The summed E-state index contributed by atoms with van der Waals surface area (Å²) in [7, 11) is 1.46. The first-order valence-electron chi connectivity index (χ1n) is 15.1. The Morgan fingerprint density at radius 3 is 2.52 bits per heavy atom. The monoisotopic (exact) mass is 589 g/mol. The lowest BCUT2D eigenvalue weighted by Gasteiger charge is -2.31. The van der Waals surface area contributed by atoms with Crippen LogP contribution in [0.15, 0.2) is 36.4 Å². The quantitative estimate of drug-likeness (QED) is 0.179. The topological polar surface area (TPSA) is 146 Å². The normalized spacial score (nSPS) is 24.2. The Bertz CT molecular complexity index is 1070. The average Bonchev–Trinajstić information content (AvgIpc) is 2.95. The van der Waals surface area contributed by atoms with Crippen molar-refractivity contribution < 1.29 is 39.5 Å². The molecular weight excluding hydrogens is 538 g/mol. The smallest absolute Gasteiger partial charge is 0.342 e. The highest BCUT2D eigenvalue weighted by atomic mass is 16.5. The molecule has 0 spiro atoms. The molecule has 9 heteroatoms. The highest BCUT2D eigenvalue weighted by Crippen LogP contribution is 2.33. The molecule has 1 aromatic carbocycles. The molecule has 1 heterocycles. The van der Waals surface area contributed by atoms with Gasteiger partial charge in [0.15, 0.2) is 0 Å². The molecule has 1 aliphatic rings. The zero-order chi connectivity index (χ0) is 31.4. The van der Waals surface area contributed by atoms with Gasteiger partial charge < -0.3 is 35.2 Å². The second-order valence-corrected chi connectivity index (χ2v) is 11.7. The number of cyclic esters (lactones) is 1. The number of carbonyl (C=O) groups is 2. The van der Waals surface area contributed by atoms with Gasteiger partial charge in [-0.05, 0) is 49.1 Å². The van der Waals surface area contributed by atoms with E-state index in [1.54, 1.807) is 13.0 Å². The van der Waals surface area contributed by atoms with E-state index < -0.39 is 42.2 Å². The summed E-state index contributed by atoms with van der Waals surface area (Å²) in [5.41, 5.74) is 0.431. The second kappa shape index (κ2) is 17.3. The van der Waals surface area contributed by atoms with Gasteiger partial charge in [0.05, 0.1) is 31.3 Å². The number of fused-ring (bicyclic) bond motifs is 1. The number of esters is 1. The summed E-state index contributed by atoms with van der Waals surface area (Å²) >= 11 is 0. The Hall–Kier alpha value is -2.88. The summed E-state index contributed by atoms with van der Waals surface area (Å²) in [4.78, 5) is 25.6. The van der Waals surface area contributed by atoms with E-state index in [-0.39, 0.29) is 35.5 Å². The standard InChI is InChI=1S/C33H51NO8/c1-7-12-26(35)22(4)32(39)34-16-11-10-14-21(3)31(38)23(5)29-15-9-8-13-20(2)27(36)18-24-17-25(41-6)19-28(37)30(24)33(40)42-29/h8-11,17,19-23,26-27,29,31,35-38H,7,12-16,18H2,1-6H3,(H,34,39)/b9-8-,11-10-/t20-,21+,22-,23+,26-,27+,29-,31+/m0/s1. The number of nitrogens with one attached hydrogen (secondary N) is 1. The number of aliphatic hydroxyl groups is 3. The number of methoxy groups -OCH3 is 1. The number of aromatic hydroxyl groups is 1. The molecule has 0 unspecified atom stereocenters. The lowest BCUT2D eigenvalue weighted by Crippen LogP contribution is -2.37. The van der Waals surface area contributed by atoms with Gasteiger partial charge in [-0.2, -0.15) is 0 Å². The molecule has 0 aromatic heterocycles. The molecule has 1 amide bonds. The first-order chi connectivity index (χ1) is 19.9. The van der Waals surface area contributed by atoms with E-state index >= 15 is 0 Å². The molecule has 8 atom stereocenters. The highest BCUT2D eigenvalue weighted by Gasteiger charge is 2.32. The Labute approximate surface area is 250 Å². The minimum atomic E-state index is -0.794. The van der Waals surface area contributed by atoms with Crippen molar-refractivity contribution in [3.8, 4) is 11.5 Å². The molecule has 0 bridgehead atoms. The van der Waals surface area contributed by atoms with Crippen LogP contribution in [-0.4, -0.2) is 70.4 Å². The minimum absolute atomic E-state index is 0.00662. The number of phenols is 1. The van der Waals surface area contributed by atoms with Crippen LogP contribution in [0.2, 0.25) is 0 Å². The van der Waals surface area contributed by atoms with Crippen LogP contribution in [0.1, 0.15) is 82.6 Å². The largest absolute Gasteiger partial charge is 0.507 e. The van der Waals surface area contributed by atoms with Gasteiger partial charge in [0.25, 0.3) is 0 Å². The number of hydrogen-bond acceptors (Lipinski definition) is 8. The van der Waals surface area contributed by atoms with Crippen LogP contribution < -0.4 is 10.1 Å². The van der Waals surface area contributed by atoms with E-state index in [0.29, 0.717) is 43.5 Å². The fourth-order valence-electron chi connectivity index (χ4n) is 5.18. The third-order valence-electron chi connectivity index (χ3n) is 8.35. The molecule has 0 aliphatic carbocycles. The molecule has 2 rings (SSSR count). The van der Waals surface area contributed by atoms with Crippen LogP contribution in [0.3, 0.4) is 0 Å². The van der Waals surface area contributed by atoms with E-state index in [9.17, 15) is 30.0 Å². The Morgan fingerprint density at radius 2 is 1.86 bits per heavy atom. The van der Waals surface area contributed by atoms with Crippen LogP contribution in [0.4, 0.5) is 0 Å². The summed E-state index contributed by atoms with van der Waals surface area (Å²) in [6.07, 6.45) is 7.82. The van der Waals surface area contributed by atoms with Crippen LogP contribution in [0.25, 0.3) is 0 Å². The molecule has 0 radical (unpaired) electrons. The number of aliphatic hydroxyl groups excluding tert-OH is 3. The molecule has 5 N–H and O–H groups in total. The number of allylic oxidation sites excluding steroid dienone is 2. The molecular formula is C33H51NO8. The molecule has 0 saturated carbocycles. The Kier molecular flexibility index (Phi) is 14.5. The van der Waals surface area contributed by atoms with Gasteiger partial charge in [-0.3, -0.25) is 4.79 Å².